The number of esters is 1. The molecule has 0 aliphatic carbocycles. The van der Waals surface area contributed by atoms with Gasteiger partial charge in [-0.25, -0.2) is 4.79 Å². The van der Waals surface area contributed by atoms with Crippen LogP contribution in [-0.2, 0) is 16.7 Å². The van der Waals surface area contributed by atoms with E-state index in [-0.39, 0.29) is 5.97 Å². The molecule has 0 aromatic heterocycles. The number of carbonyl (C=O) groups excluding carboxylic acids is 1. The van der Waals surface area contributed by atoms with Gasteiger partial charge in [-0.05, 0) is 23.3 Å². The molecule has 0 atom stereocenters. The van der Waals surface area contributed by atoms with Crippen molar-refractivity contribution in [2.75, 3.05) is 0 Å². The Balaban J connectivity index is 1.93. The number of rotatable bonds is 4. The zero-order chi connectivity index (χ0) is 12.8. The minimum Gasteiger partial charge on any atom is -0.457 e. The van der Waals surface area contributed by atoms with E-state index in [2.05, 4.69) is 15.9 Å². The molecule has 2 nitrogen and oxygen atoms in total. The van der Waals surface area contributed by atoms with Crippen LogP contribution in [0.3, 0.4) is 0 Å². The van der Waals surface area contributed by atoms with Gasteiger partial charge in [-0.2, -0.15) is 0 Å². The van der Waals surface area contributed by atoms with Crippen molar-refractivity contribution in [1.82, 2.24) is 0 Å². The Morgan fingerprint density at radius 1 is 0.944 bits per heavy atom. The van der Waals surface area contributed by atoms with Gasteiger partial charge >= 0.3 is 5.97 Å². The largest absolute Gasteiger partial charge is 0.457 e. The number of benzene rings is 2. The Labute approximate surface area is 115 Å². The van der Waals surface area contributed by atoms with Crippen molar-refractivity contribution in [2.24, 2.45) is 0 Å². The molecule has 0 aliphatic heterocycles. The van der Waals surface area contributed by atoms with E-state index >= 15 is 0 Å². The number of hydrogen-bond acceptors (Lipinski definition) is 2. The highest BCUT2D eigenvalue weighted by molar-refractivity contribution is 9.08. The molecule has 2 aromatic carbocycles. The number of ether oxygens (including phenoxy) is 1. The Kier molecular flexibility index (Phi) is 4.53. The minimum atomic E-state index is -0.292. The lowest BCUT2D eigenvalue weighted by Gasteiger charge is -2.05. The van der Waals surface area contributed by atoms with Gasteiger partial charge in [-0.15, -0.1) is 0 Å². The first kappa shape index (κ1) is 12.8. The SMILES string of the molecule is O=C(OCc1ccc(CBr)cc1)c1ccccc1. The van der Waals surface area contributed by atoms with Crippen LogP contribution in [0, 0.1) is 0 Å². The van der Waals surface area contributed by atoms with Gasteiger partial charge < -0.3 is 4.74 Å². The number of carbonyl (C=O) groups is 1. The lowest BCUT2D eigenvalue weighted by molar-refractivity contribution is 0.0472. The zero-order valence-electron chi connectivity index (χ0n) is 9.80. The third kappa shape index (κ3) is 3.44. The summed E-state index contributed by atoms with van der Waals surface area (Å²) < 4.78 is 5.24. The van der Waals surface area contributed by atoms with Crippen LogP contribution in [0.4, 0.5) is 0 Å². The molecule has 0 spiro atoms. The van der Waals surface area contributed by atoms with Crippen molar-refractivity contribution in [1.29, 1.82) is 0 Å². The van der Waals surface area contributed by atoms with E-state index in [0.29, 0.717) is 12.2 Å². The molecule has 0 unspecified atom stereocenters. The van der Waals surface area contributed by atoms with Crippen molar-refractivity contribution >= 4 is 21.9 Å². The molecule has 0 saturated carbocycles. The number of hydrogen-bond donors (Lipinski definition) is 0. The van der Waals surface area contributed by atoms with Crippen LogP contribution >= 0.6 is 15.9 Å². The van der Waals surface area contributed by atoms with E-state index < -0.39 is 0 Å². The Bertz CT molecular complexity index is 506. The molecule has 18 heavy (non-hydrogen) atoms. The topological polar surface area (TPSA) is 26.3 Å². The highest BCUT2D eigenvalue weighted by Crippen LogP contribution is 2.10. The van der Waals surface area contributed by atoms with Crippen LogP contribution < -0.4 is 0 Å². The monoisotopic (exact) mass is 304 g/mol. The maximum absolute atomic E-state index is 11.7. The van der Waals surface area contributed by atoms with Gasteiger partial charge in [0.1, 0.15) is 6.61 Å². The van der Waals surface area contributed by atoms with E-state index in [0.717, 1.165) is 10.9 Å². The molecule has 0 heterocycles. The Morgan fingerprint density at radius 3 is 2.17 bits per heavy atom. The number of halogens is 1. The summed E-state index contributed by atoms with van der Waals surface area (Å²) in [4.78, 5) is 11.7. The first-order chi connectivity index (χ1) is 8.79. The summed E-state index contributed by atoms with van der Waals surface area (Å²) in [6.45, 7) is 0.302. The van der Waals surface area contributed by atoms with Gasteiger partial charge in [-0.3, -0.25) is 0 Å². The van der Waals surface area contributed by atoms with E-state index in [4.69, 9.17) is 4.74 Å². The van der Waals surface area contributed by atoms with Crippen LogP contribution in [0.5, 0.6) is 0 Å². The summed E-state index contributed by atoms with van der Waals surface area (Å²) in [5.41, 5.74) is 2.77. The predicted molar refractivity (Wildman–Crippen MR) is 74.6 cm³/mol. The molecule has 0 N–H and O–H groups in total. The summed E-state index contributed by atoms with van der Waals surface area (Å²) in [7, 11) is 0. The second kappa shape index (κ2) is 6.36. The smallest absolute Gasteiger partial charge is 0.338 e. The Hall–Kier alpha value is -1.61. The highest BCUT2D eigenvalue weighted by atomic mass is 79.9. The summed E-state index contributed by atoms with van der Waals surface area (Å²) in [5.74, 6) is -0.292. The van der Waals surface area contributed by atoms with E-state index in [1.54, 1.807) is 12.1 Å². The van der Waals surface area contributed by atoms with Crippen LogP contribution in [0.2, 0.25) is 0 Å². The second-order valence-electron chi connectivity index (χ2n) is 3.89. The van der Waals surface area contributed by atoms with Crippen molar-refractivity contribution in [3.8, 4) is 0 Å². The zero-order valence-corrected chi connectivity index (χ0v) is 11.4. The van der Waals surface area contributed by atoms with Gasteiger partial charge in [0.2, 0.25) is 0 Å². The fraction of sp³-hybridized carbons (Fsp3) is 0.133. The van der Waals surface area contributed by atoms with Gasteiger partial charge in [0.15, 0.2) is 0 Å². The van der Waals surface area contributed by atoms with Crippen LogP contribution in [0.25, 0.3) is 0 Å². The third-order valence-corrected chi connectivity index (χ3v) is 3.20. The fourth-order valence-electron chi connectivity index (χ4n) is 1.53. The van der Waals surface area contributed by atoms with E-state index in [1.165, 1.54) is 5.56 Å². The molecule has 0 amide bonds. The average Bonchev–Trinajstić information content (AvgIpc) is 2.46. The molecule has 0 radical (unpaired) electrons. The standard InChI is InChI=1S/C15H13BrO2/c16-10-12-6-8-13(9-7-12)11-18-15(17)14-4-2-1-3-5-14/h1-9H,10-11H2. The van der Waals surface area contributed by atoms with Gasteiger partial charge in [0.05, 0.1) is 5.56 Å². The third-order valence-electron chi connectivity index (χ3n) is 2.56. The highest BCUT2D eigenvalue weighted by Gasteiger charge is 2.05. The molecule has 0 bridgehead atoms. The fourth-order valence-corrected chi connectivity index (χ4v) is 1.90. The maximum atomic E-state index is 11.7. The van der Waals surface area contributed by atoms with Crippen LogP contribution in [0.15, 0.2) is 54.6 Å². The summed E-state index contributed by atoms with van der Waals surface area (Å²) in [6, 6.07) is 17.0. The second-order valence-corrected chi connectivity index (χ2v) is 4.45. The molecule has 0 saturated heterocycles. The lowest BCUT2D eigenvalue weighted by atomic mass is 10.2. The summed E-state index contributed by atoms with van der Waals surface area (Å²) >= 11 is 3.39. The van der Waals surface area contributed by atoms with E-state index in [9.17, 15) is 4.79 Å². The van der Waals surface area contributed by atoms with Gasteiger partial charge in [0.25, 0.3) is 0 Å². The molecule has 2 aromatic rings. The first-order valence-electron chi connectivity index (χ1n) is 5.65. The van der Waals surface area contributed by atoms with Crippen molar-refractivity contribution in [3.05, 3.63) is 71.3 Å². The minimum absolute atomic E-state index is 0.292. The van der Waals surface area contributed by atoms with Crippen LogP contribution in [-0.4, -0.2) is 5.97 Å². The lowest BCUT2D eigenvalue weighted by Crippen LogP contribution is -2.04. The maximum Gasteiger partial charge on any atom is 0.338 e. The summed E-state index contributed by atoms with van der Waals surface area (Å²) in [5, 5.41) is 0.830. The average molecular weight is 305 g/mol. The quantitative estimate of drug-likeness (QED) is 0.632. The first-order valence-corrected chi connectivity index (χ1v) is 6.77. The van der Waals surface area contributed by atoms with Crippen molar-refractivity contribution in [2.45, 2.75) is 11.9 Å². The molecule has 3 heteroatoms. The molecule has 2 rings (SSSR count). The molecular weight excluding hydrogens is 292 g/mol. The van der Waals surface area contributed by atoms with Gasteiger partial charge in [-0.1, -0.05) is 58.4 Å². The van der Waals surface area contributed by atoms with E-state index in [1.807, 2.05) is 42.5 Å². The molecule has 0 fully saturated rings. The molecular formula is C15H13BrO2. The number of alkyl halides is 1. The van der Waals surface area contributed by atoms with Crippen molar-refractivity contribution < 1.29 is 9.53 Å². The molecule has 92 valence electrons. The van der Waals surface area contributed by atoms with Crippen molar-refractivity contribution in [3.63, 3.8) is 0 Å². The summed E-state index contributed by atoms with van der Waals surface area (Å²) in [6.07, 6.45) is 0. The van der Waals surface area contributed by atoms with Crippen LogP contribution in [0.1, 0.15) is 21.5 Å². The normalized spacial score (nSPS) is 10.1. The van der Waals surface area contributed by atoms with Gasteiger partial charge in [0, 0.05) is 5.33 Å². The Morgan fingerprint density at radius 2 is 1.56 bits per heavy atom. The molecule has 0 aliphatic rings. The predicted octanol–water partition coefficient (Wildman–Crippen LogP) is 3.94.